The lowest BCUT2D eigenvalue weighted by atomic mass is 10.1. The maximum atomic E-state index is 5.88. The van der Waals surface area contributed by atoms with Gasteiger partial charge in [0.1, 0.15) is 17.8 Å². The summed E-state index contributed by atoms with van der Waals surface area (Å²) in [5.41, 5.74) is 14.1. The molecule has 1 atom stereocenters. The van der Waals surface area contributed by atoms with Gasteiger partial charge in [0.25, 0.3) is 0 Å². The molecule has 0 aliphatic heterocycles. The van der Waals surface area contributed by atoms with Crippen LogP contribution in [0.5, 0.6) is 0 Å². The fourth-order valence-corrected chi connectivity index (χ4v) is 2.66. The SMILES string of the molecule is [CH2]C(c1ccc2cnc(N)nc2c1)n1ccc2c(N)ncnc21. The van der Waals surface area contributed by atoms with Crippen molar-refractivity contribution < 1.29 is 0 Å². The molecule has 23 heavy (non-hydrogen) atoms. The average Bonchev–Trinajstić information content (AvgIpc) is 2.99. The Morgan fingerprint density at radius 1 is 1.09 bits per heavy atom. The number of hydrogen-bond acceptors (Lipinski definition) is 6. The molecule has 0 saturated carbocycles. The van der Waals surface area contributed by atoms with Gasteiger partial charge in [0.15, 0.2) is 0 Å². The van der Waals surface area contributed by atoms with Crippen LogP contribution in [-0.2, 0) is 0 Å². The van der Waals surface area contributed by atoms with E-state index in [0.717, 1.165) is 27.5 Å². The van der Waals surface area contributed by atoms with Crippen LogP contribution in [0, 0.1) is 6.92 Å². The number of nitrogens with two attached hydrogens (primary N) is 2. The minimum atomic E-state index is -0.178. The van der Waals surface area contributed by atoms with Gasteiger partial charge in [-0.2, -0.15) is 0 Å². The molecule has 4 aromatic rings. The summed E-state index contributed by atoms with van der Waals surface area (Å²) < 4.78 is 1.96. The summed E-state index contributed by atoms with van der Waals surface area (Å²) in [6, 6.07) is 7.63. The van der Waals surface area contributed by atoms with E-state index in [9.17, 15) is 0 Å². The Hall–Kier alpha value is -3.22. The number of aromatic nitrogens is 5. The summed E-state index contributed by atoms with van der Waals surface area (Å²) in [6.07, 6.45) is 5.07. The van der Waals surface area contributed by atoms with E-state index in [1.807, 2.05) is 35.0 Å². The van der Waals surface area contributed by atoms with Crippen molar-refractivity contribution in [3.63, 3.8) is 0 Å². The summed E-state index contributed by atoms with van der Waals surface area (Å²) in [6.45, 7) is 4.25. The first kappa shape index (κ1) is 13.4. The van der Waals surface area contributed by atoms with Gasteiger partial charge < -0.3 is 16.0 Å². The number of rotatable bonds is 2. The number of nitrogens with zero attached hydrogens (tertiary/aromatic N) is 5. The monoisotopic (exact) mass is 304 g/mol. The van der Waals surface area contributed by atoms with Crippen LogP contribution in [-0.4, -0.2) is 24.5 Å². The van der Waals surface area contributed by atoms with E-state index in [1.54, 1.807) is 6.20 Å². The Bertz CT molecular complexity index is 1020. The molecular formula is C16H14N7. The molecule has 3 aromatic heterocycles. The smallest absolute Gasteiger partial charge is 0.220 e. The van der Waals surface area contributed by atoms with Gasteiger partial charge in [-0.1, -0.05) is 12.1 Å². The molecule has 0 saturated heterocycles. The second kappa shape index (κ2) is 4.91. The van der Waals surface area contributed by atoms with Gasteiger partial charge in [-0.25, -0.2) is 19.9 Å². The highest BCUT2D eigenvalue weighted by Gasteiger charge is 2.14. The van der Waals surface area contributed by atoms with Crippen LogP contribution < -0.4 is 11.5 Å². The molecule has 3 heterocycles. The van der Waals surface area contributed by atoms with Crippen molar-refractivity contribution in [1.82, 2.24) is 24.5 Å². The molecule has 4 rings (SSSR count). The van der Waals surface area contributed by atoms with Gasteiger partial charge in [0.2, 0.25) is 5.95 Å². The first-order valence-electron chi connectivity index (χ1n) is 7.06. The van der Waals surface area contributed by atoms with Crippen LogP contribution in [0.3, 0.4) is 0 Å². The van der Waals surface area contributed by atoms with Crippen molar-refractivity contribution in [3.8, 4) is 0 Å². The highest BCUT2D eigenvalue weighted by molar-refractivity contribution is 5.86. The molecule has 0 aliphatic rings. The zero-order valence-electron chi connectivity index (χ0n) is 12.2. The van der Waals surface area contributed by atoms with Crippen LogP contribution in [0.1, 0.15) is 11.6 Å². The third-order valence-electron chi connectivity index (χ3n) is 3.89. The predicted molar refractivity (Wildman–Crippen MR) is 89.4 cm³/mol. The first-order chi connectivity index (χ1) is 11.1. The molecular weight excluding hydrogens is 290 g/mol. The van der Waals surface area contributed by atoms with Gasteiger partial charge in [-0.3, -0.25) is 0 Å². The van der Waals surface area contributed by atoms with Crippen molar-refractivity contribution in [1.29, 1.82) is 0 Å². The van der Waals surface area contributed by atoms with Crippen molar-refractivity contribution in [2.45, 2.75) is 6.04 Å². The van der Waals surface area contributed by atoms with Gasteiger partial charge in [-0.05, 0) is 24.6 Å². The summed E-state index contributed by atoms with van der Waals surface area (Å²) in [5.74, 6) is 0.710. The van der Waals surface area contributed by atoms with Gasteiger partial charge in [0, 0.05) is 17.8 Å². The van der Waals surface area contributed by atoms with Crippen LogP contribution >= 0.6 is 0 Å². The number of hydrogen-bond donors (Lipinski definition) is 2. The first-order valence-corrected chi connectivity index (χ1v) is 7.06. The number of nitrogen functional groups attached to an aromatic ring is 2. The Labute approximate surface area is 132 Å². The summed E-state index contributed by atoms with van der Waals surface area (Å²) in [5, 5.41) is 1.74. The van der Waals surface area contributed by atoms with E-state index >= 15 is 0 Å². The van der Waals surface area contributed by atoms with E-state index < -0.39 is 0 Å². The summed E-state index contributed by atoms with van der Waals surface area (Å²) >= 11 is 0. The quantitative estimate of drug-likeness (QED) is 0.586. The maximum absolute atomic E-state index is 5.88. The Morgan fingerprint density at radius 3 is 2.83 bits per heavy atom. The molecule has 1 radical (unpaired) electrons. The molecule has 0 aliphatic carbocycles. The van der Waals surface area contributed by atoms with E-state index in [0.29, 0.717) is 5.82 Å². The Kier molecular flexibility index (Phi) is 2.87. The van der Waals surface area contributed by atoms with Crippen molar-refractivity contribution in [3.05, 3.63) is 55.5 Å². The van der Waals surface area contributed by atoms with Crippen molar-refractivity contribution in [2.75, 3.05) is 11.5 Å². The molecule has 7 nitrogen and oxygen atoms in total. The van der Waals surface area contributed by atoms with E-state index in [1.165, 1.54) is 6.33 Å². The minimum absolute atomic E-state index is 0.178. The third kappa shape index (κ3) is 2.13. The molecule has 7 heteroatoms. The Balaban J connectivity index is 1.84. The standard InChI is InChI=1S/C16H14N7/c1-9(23-5-4-12-14(17)20-8-21-15(12)23)10-2-3-11-7-19-16(18)22-13(11)6-10/h2-9H,1H2,(H2,17,20,21)(H2,18,19,22). The molecule has 4 N–H and O–H groups in total. The fourth-order valence-electron chi connectivity index (χ4n) is 2.66. The number of fused-ring (bicyclic) bond motifs is 2. The lowest BCUT2D eigenvalue weighted by Crippen LogP contribution is -2.07. The largest absolute Gasteiger partial charge is 0.383 e. The van der Waals surface area contributed by atoms with Gasteiger partial charge in [0.05, 0.1) is 16.9 Å². The van der Waals surface area contributed by atoms with E-state index in [-0.39, 0.29) is 12.0 Å². The van der Waals surface area contributed by atoms with Crippen LogP contribution in [0.25, 0.3) is 21.9 Å². The third-order valence-corrected chi connectivity index (χ3v) is 3.89. The summed E-state index contributed by atoms with van der Waals surface area (Å²) in [4.78, 5) is 16.6. The fraction of sp³-hybridized carbons (Fsp3) is 0.0625. The number of benzene rings is 1. The average molecular weight is 304 g/mol. The molecule has 113 valence electrons. The maximum Gasteiger partial charge on any atom is 0.220 e. The van der Waals surface area contributed by atoms with Crippen LogP contribution in [0.15, 0.2) is 43.0 Å². The molecule has 0 bridgehead atoms. The Morgan fingerprint density at radius 2 is 1.96 bits per heavy atom. The number of anilines is 2. The van der Waals surface area contributed by atoms with E-state index in [2.05, 4.69) is 26.9 Å². The topological polar surface area (TPSA) is 109 Å². The zero-order valence-corrected chi connectivity index (χ0v) is 12.2. The predicted octanol–water partition coefficient (Wildman–Crippen LogP) is 1.96. The molecule has 0 spiro atoms. The normalized spacial score (nSPS) is 12.7. The van der Waals surface area contributed by atoms with Gasteiger partial charge >= 0.3 is 0 Å². The zero-order chi connectivity index (χ0) is 16.0. The molecule has 1 aromatic carbocycles. The highest BCUT2D eigenvalue weighted by Crippen LogP contribution is 2.27. The van der Waals surface area contributed by atoms with Crippen LogP contribution in [0.4, 0.5) is 11.8 Å². The van der Waals surface area contributed by atoms with E-state index in [4.69, 9.17) is 11.5 Å². The van der Waals surface area contributed by atoms with Gasteiger partial charge in [-0.15, -0.1) is 0 Å². The molecule has 0 amide bonds. The second-order valence-corrected chi connectivity index (χ2v) is 5.28. The van der Waals surface area contributed by atoms with Crippen molar-refractivity contribution in [2.24, 2.45) is 0 Å². The lowest BCUT2D eigenvalue weighted by molar-refractivity contribution is 0.718. The molecule has 0 fully saturated rings. The van der Waals surface area contributed by atoms with Crippen molar-refractivity contribution >= 4 is 33.7 Å². The lowest BCUT2D eigenvalue weighted by Gasteiger charge is -2.15. The second-order valence-electron chi connectivity index (χ2n) is 5.28. The van der Waals surface area contributed by atoms with Crippen LogP contribution in [0.2, 0.25) is 0 Å². The molecule has 1 unspecified atom stereocenters. The minimum Gasteiger partial charge on any atom is -0.383 e. The highest BCUT2D eigenvalue weighted by atomic mass is 15.1. The summed E-state index contributed by atoms with van der Waals surface area (Å²) in [7, 11) is 0.